The first kappa shape index (κ1) is 33.0. The molecule has 5 heteroatoms. The Bertz CT molecular complexity index is 1830. The molecule has 7 rings (SSSR count). The molecule has 3 heterocycles. The first-order valence-electron chi connectivity index (χ1n) is 16.0. The Morgan fingerprint density at radius 2 is 1.56 bits per heavy atom. The molecular weight excluding hydrogens is 745 g/mol. The Balaban J connectivity index is 0.000000212. The van der Waals surface area contributed by atoms with Crippen molar-refractivity contribution in [1.29, 1.82) is 0 Å². The summed E-state index contributed by atoms with van der Waals surface area (Å²) in [6, 6.07) is 33.9. The third-order valence-electron chi connectivity index (χ3n) is 8.85. The van der Waals surface area contributed by atoms with Crippen molar-refractivity contribution in [3.05, 3.63) is 115 Å². The van der Waals surface area contributed by atoms with Gasteiger partial charge < -0.3 is 14.4 Å². The third-order valence-corrected chi connectivity index (χ3v) is 10.9. The van der Waals surface area contributed by atoms with Crippen LogP contribution in [-0.4, -0.2) is 18.0 Å². The average Bonchev–Trinajstić information content (AvgIpc) is 3.44. The summed E-state index contributed by atoms with van der Waals surface area (Å²) in [6.07, 6.45) is 10.7. The van der Waals surface area contributed by atoms with E-state index < -0.39 is 8.07 Å². The first-order valence-corrected chi connectivity index (χ1v) is 19.5. The topological polar surface area (TPSA) is 38.9 Å². The zero-order valence-corrected chi connectivity index (χ0v) is 30.4. The van der Waals surface area contributed by atoms with E-state index in [1.165, 1.54) is 53.8 Å². The molecule has 1 fully saturated rings. The van der Waals surface area contributed by atoms with Crippen LogP contribution in [0.25, 0.3) is 44.5 Å². The van der Waals surface area contributed by atoms with Gasteiger partial charge in [0, 0.05) is 37.9 Å². The van der Waals surface area contributed by atoms with Crippen molar-refractivity contribution in [3.63, 3.8) is 0 Å². The number of furan rings is 1. The van der Waals surface area contributed by atoms with Gasteiger partial charge in [0.15, 0.2) is 0 Å². The number of hydrogen-bond donors (Lipinski definition) is 0. The maximum absolute atomic E-state index is 6.30. The molecule has 0 amide bonds. The van der Waals surface area contributed by atoms with Crippen molar-refractivity contribution in [2.24, 2.45) is 0 Å². The van der Waals surface area contributed by atoms with Crippen molar-refractivity contribution < 1.29 is 24.5 Å². The number of nitrogens with zero attached hydrogens (tertiary/aromatic N) is 2. The predicted octanol–water partition coefficient (Wildman–Crippen LogP) is 10.7. The van der Waals surface area contributed by atoms with Crippen molar-refractivity contribution in [2.45, 2.75) is 77.4 Å². The fraction of sp³-hybridized carbons (Fsp3) is 0.300. The molecule has 3 nitrogen and oxygen atoms in total. The van der Waals surface area contributed by atoms with Gasteiger partial charge >= 0.3 is 0 Å². The van der Waals surface area contributed by atoms with Crippen molar-refractivity contribution >= 4 is 35.2 Å². The van der Waals surface area contributed by atoms with E-state index in [2.05, 4.69) is 105 Å². The zero-order chi connectivity index (χ0) is 30.7. The molecular formula is C40H42IrN2OSi-2. The molecule has 0 N–H and O–H groups in total. The van der Waals surface area contributed by atoms with Crippen LogP contribution in [-0.2, 0) is 20.1 Å². The van der Waals surface area contributed by atoms with Gasteiger partial charge in [-0.1, -0.05) is 105 Å². The molecule has 45 heavy (non-hydrogen) atoms. The molecule has 6 aromatic rings. The van der Waals surface area contributed by atoms with E-state index >= 15 is 0 Å². The monoisotopic (exact) mass is 787 g/mol. The summed E-state index contributed by atoms with van der Waals surface area (Å²) < 4.78 is 6.30. The van der Waals surface area contributed by atoms with Crippen molar-refractivity contribution in [2.75, 3.05) is 0 Å². The largest absolute Gasteiger partial charge is 0.501 e. The fourth-order valence-electron chi connectivity index (χ4n) is 6.09. The summed E-state index contributed by atoms with van der Waals surface area (Å²) >= 11 is 0. The third kappa shape index (κ3) is 7.55. The molecule has 0 spiro atoms. The van der Waals surface area contributed by atoms with E-state index in [0.29, 0.717) is 11.8 Å². The molecule has 0 atom stereocenters. The Morgan fingerprint density at radius 3 is 2.20 bits per heavy atom. The van der Waals surface area contributed by atoms with Gasteiger partial charge in [0.1, 0.15) is 5.58 Å². The summed E-state index contributed by atoms with van der Waals surface area (Å²) in [4.78, 5) is 9.26. The van der Waals surface area contributed by atoms with Gasteiger partial charge in [-0.2, -0.15) is 0 Å². The number of pyridine rings is 2. The van der Waals surface area contributed by atoms with Gasteiger partial charge in [-0.15, -0.1) is 54.1 Å². The van der Waals surface area contributed by atoms with Crippen molar-refractivity contribution in [3.8, 4) is 22.5 Å². The van der Waals surface area contributed by atoms with Gasteiger partial charge in [-0.3, -0.25) is 0 Å². The second-order valence-electron chi connectivity index (χ2n) is 13.4. The zero-order valence-electron chi connectivity index (χ0n) is 27.0. The number of aromatic nitrogens is 2. The normalized spacial score (nSPS) is 13.8. The Hall–Kier alpha value is -3.37. The van der Waals surface area contributed by atoms with Crippen LogP contribution >= 0.6 is 0 Å². The molecule has 1 aliphatic rings. The molecule has 0 aliphatic heterocycles. The number of benzene rings is 3. The maximum Gasteiger partial charge on any atom is 0.120 e. The van der Waals surface area contributed by atoms with Gasteiger partial charge in [0.2, 0.25) is 0 Å². The van der Waals surface area contributed by atoms with E-state index in [-0.39, 0.29) is 20.1 Å². The molecule has 0 unspecified atom stereocenters. The quantitative estimate of drug-likeness (QED) is 0.129. The summed E-state index contributed by atoms with van der Waals surface area (Å²) in [5.74, 6) is 1.21. The molecule has 233 valence electrons. The Kier molecular flexibility index (Phi) is 10.5. The van der Waals surface area contributed by atoms with Crippen LogP contribution in [0.1, 0.15) is 68.9 Å². The Labute approximate surface area is 282 Å². The number of fused-ring (bicyclic) bond motifs is 3. The summed E-state index contributed by atoms with van der Waals surface area (Å²) in [5, 5.41) is 3.82. The van der Waals surface area contributed by atoms with Gasteiger partial charge in [-0.05, 0) is 53.3 Å². The van der Waals surface area contributed by atoms with Crippen LogP contribution in [0, 0.1) is 12.1 Å². The van der Waals surface area contributed by atoms with E-state index in [1.807, 2.05) is 36.5 Å². The van der Waals surface area contributed by atoms with E-state index in [4.69, 9.17) is 9.40 Å². The average molecular weight is 787 g/mol. The van der Waals surface area contributed by atoms with Crippen LogP contribution in [0.15, 0.2) is 95.7 Å². The van der Waals surface area contributed by atoms with Gasteiger partial charge in [0.25, 0.3) is 0 Å². The van der Waals surface area contributed by atoms with E-state index in [9.17, 15) is 0 Å². The van der Waals surface area contributed by atoms with E-state index in [0.717, 1.165) is 39.1 Å². The van der Waals surface area contributed by atoms with Crippen LogP contribution in [0.2, 0.25) is 19.6 Å². The Morgan fingerprint density at radius 1 is 0.778 bits per heavy atom. The minimum absolute atomic E-state index is 0. The molecule has 1 aliphatic carbocycles. The summed E-state index contributed by atoms with van der Waals surface area (Å²) in [6.45, 7) is 11.5. The summed E-state index contributed by atoms with van der Waals surface area (Å²) in [7, 11) is -1.37. The second-order valence-corrected chi connectivity index (χ2v) is 18.5. The molecule has 1 radical (unpaired) electrons. The minimum Gasteiger partial charge on any atom is -0.501 e. The van der Waals surface area contributed by atoms with Gasteiger partial charge in [0.05, 0.1) is 13.7 Å². The second kappa shape index (κ2) is 14.4. The number of hydrogen-bond acceptors (Lipinski definition) is 3. The molecule has 0 bridgehead atoms. The SMILES string of the molecule is CC(C)c1ccc(-c2[c-]cccc2)nc1.C[Si](C)(C)c1ccc2oc3c(-c4ccc(C5CCCCC5)cn4)[c-]ccc3c2c1.[Ir]. The smallest absolute Gasteiger partial charge is 0.120 e. The van der Waals surface area contributed by atoms with Crippen LogP contribution < -0.4 is 5.19 Å². The molecule has 3 aromatic heterocycles. The molecule has 1 saturated carbocycles. The summed E-state index contributed by atoms with van der Waals surface area (Å²) in [5.41, 5.74) is 8.44. The predicted molar refractivity (Wildman–Crippen MR) is 187 cm³/mol. The molecule has 0 saturated heterocycles. The van der Waals surface area contributed by atoms with Crippen LogP contribution in [0.4, 0.5) is 0 Å². The van der Waals surface area contributed by atoms with Crippen molar-refractivity contribution in [1.82, 2.24) is 9.97 Å². The first-order chi connectivity index (χ1) is 21.3. The minimum atomic E-state index is -1.37. The maximum atomic E-state index is 6.30. The van der Waals surface area contributed by atoms with E-state index in [1.54, 1.807) is 0 Å². The van der Waals surface area contributed by atoms with Crippen LogP contribution in [0.3, 0.4) is 0 Å². The van der Waals surface area contributed by atoms with Crippen LogP contribution in [0.5, 0.6) is 0 Å². The number of rotatable bonds is 5. The standard InChI is InChI=1S/C26H28NOSi.C14H14N.Ir/c1-29(2,3)20-13-15-25-23(16-20)21-10-7-11-22(26(21)28-25)24-14-12-19(17-27-24)18-8-5-4-6-9-18;1-11(2)13-8-9-14(15-10-13)12-6-4-3-5-7-12;/h7,10,12-18H,4-6,8-9H2,1-3H3;3-6,8-11H,1-2H3;/q2*-1;. The fourth-order valence-corrected chi connectivity index (χ4v) is 7.25. The van der Waals surface area contributed by atoms with Gasteiger partial charge in [-0.25, -0.2) is 0 Å². The molecule has 3 aromatic carbocycles.